The van der Waals surface area contributed by atoms with E-state index in [-0.39, 0.29) is 11.7 Å². The fourth-order valence-corrected chi connectivity index (χ4v) is 2.11. The summed E-state index contributed by atoms with van der Waals surface area (Å²) in [6.45, 7) is 6.19. The molecule has 1 saturated heterocycles. The predicted octanol–water partition coefficient (Wildman–Crippen LogP) is 0.0925. The Kier molecular flexibility index (Phi) is 3.79. The molecule has 1 aromatic heterocycles. The van der Waals surface area contributed by atoms with E-state index < -0.39 is 11.0 Å². The second-order valence-corrected chi connectivity index (χ2v) is 4.62. The number of piperazine rings is 1. The second kappa shape index (κ2) is 5.35. The van der Waals surface area contributed by atoms with Crippen molar-refractivity contribution in [2.24, 2.45) is 0 Å². The number of rotatable bonds is 3. The molecule has 19 heavy (non-hydrogen) atoms. The highest BCUT2D eigenvalue weighted by Crippen LogP contribution is 2.18. The van der Waals surface area contributed by atoms with Crippen LogP contribution < -0.4 is 5.32 Å². The van der Waals surface area contributed by atoms with E-state index in [1.165, 1.54) is 4.68 Å². The van der Waals surface area contributed by atoms with Crippen molar-refractivity contribution in [1.29, 1.82) is 0 Å². The van der Waals surface area contributed by atoms with Gasteiger partial charge >= 0.3 is 5.82 Å². The van der Waals surface area contributed by atoms with Crippen LogP contribution in [0, 0.1) is 17.0 Å². The maximum Gasteiger partial charge on any atom is 0.392 e. The number of hydrogen-bond donors (Lipinski definition) is 1. The molecule has 104 valence electrons. The molecule has 8 heteroatoms. The van der Waals surface area contributed by atoms with Crippen LogP contribution in [0.3, 0.4) is 0 Å². The first-order valence-electron chi connectivity index (χ1n) is 6.20. The number of nitrogens with zero attached hydrogens (tertiary/aromatic N) is 4. The van der Waals surface area contributed by atoms with Gasteiger partial charge < -0.3 is 20.3 Å². The number of aromatic nitrogens is 2. The molecule has 8 nitrogen and oxygen atoms in total. The van der Waals surface area contributed by atoms with E-state index in [0.29, 0.717) is 18.7 Å². The van der Waals surface area contributed by atoms with E-state index in [1.54, 1.807) is 24.9 Å². The lowest BCUT2D eigenvalue weighted by atomic mass is 10.2. The van der Waals surface area contributed by atoms with Crippen molar-refractivity contribution >= 4 is 11.7 Å². The number of nitrogens with one attached hydrogen (secondary N) is 1. The smallest absolute Gasteiger partial charge is 0.358 e. The standard InChI is InChI=1S/C11H17N5O3/c1-8-7-15(13-10(8)16(18)19)9(2)11(17)14-5-3-12-4-6-14/h7,9,12H,3-6H2,1-2H3. The zero-order valence-electron chi connectivity index (χ0n) is 11.0. The van der Waals surface area contributed by atoms with E-state index in [1.807, 2.05) is 0 Å². The number of nitro groups is 1. The normalized spacial score (nSPS) is 17.3. The molecule has 1 unspecified atom stereocenters. The van der Waals surface area contributed by atoms with Crippen molar-refractivity contribution in [3.8, 4) is 0 Å². The third kappa shape index (κ3) is 2.73. The molecule has 1 aromatic rings. The van der Waals surface area contributed by atoms with Gasteiger partial charge in [0.05, 0.1) is 16.9 Å². The van der Waals surface area contributed by atoms with Gasteiger partial charge in [-0.25, -0.2) is 0 Å². The zero-order chi connectivity index (χ0) is 14.0. The SMILES string of the molecule is Cc1cn(C(C)C(=O)N2CCNCC2)nc1[N+](=O)[O-]. The summed E-state index contributed by atoms with van der Waals surface area (Å²) in [5.41, 5.74) is 0.463. The molecule has 1 amide bonds. The average Bonchev–Trinajstić information content (AvgIpc) is 2.80. The number of amides is 1. The quantitative estimate of drug-likeness (QED) is 0.619. The first kappa shape index (κ1) is 13.5. The molecular formula is C11H17N5O3. The summed E-state index contributed by atoms with van der Waals surface area (Å²) in [6.07, 6.45) is 1.54. The Balaban J connectivity index is 2.14. The minimum absolute atomic E-state index is 0.0566. The third-order valence-electron chi connectivity index (χ3n) is 3.24. The molecule has 1 N–H and O–H groups in total. The summed E-state index contributed by atoms with van der Waals surface area (Å²) in [5, 5.41) is 17.8. The Morgan fingerprint density at radius 3 is 2.68 bits per heavy atom. The molecular weight excluding hydrogens is 250 g/mol. The molecule has 0 radical (unpaired) electrons. The van der Waals surface area contributed by atoms with Crippen LogP contribution >= 0.6 is 0 Å². The van der Waals surface area contributed by atoms with Gasteiger partial charge in [0.15, 0.2) is 0 Å². The van der Waals surface area contributed by atoms with Crippen LogP contribution in [0.5, 0.6) is 0 Å². The summed E-state index contributed by atoms with van der Waals surface area (Å²) >= 11 is 0. The Morgan fingerprint density at radius 2 is 2.16 bits per heavy atom. The number of aryl methyl sites for hydroxylation is 1. The van der Waals surface area contributed by atoms with Crippen LogP contribution in [0.4, 0.5) is 5.82 Å². The zero-order valence-corrected chi connectivity index (χ0v) is 11.0. The average molecular weight is 267 g/mol. The van der Waals surface area contributed by atoms with Gasteiger partial charge in [0.1, 0.15) is 6.04 Å². The van der Waals surface area contributed by atoms with Gasteiger partial charge in [-0.1, -0.05) is 0 Å². The first-order valence-corrected chi connectivity index (χ1v) is 6.20. The highest BCUT2D eigenvalue weighted by Gasteiger charge is 2.28. The molecule has 0 aromatic carbocycles. The summed E-state index contributed by atoms with van der Waals surface area (Å²) in [5.74, 6) is -0.251. The van der Waals surface area contributed by atoms with Gasteiger partial charge in [-0.15, -0.1) is 0 Å². The fourth-order valence-electron chi connectivity index (χ4n) is 2.11. The molecule has 0 aliphatic carbocycles. The maximum atomic E-state index is 12.3. The van der Waals surface area contributed by atoms with Gasteiger partial charge in [-0.05, 0) is 18.8 Å². The molecule has 0 bridgehead atoms. The lowest BCUT2D eigenvalue weighted by Gasteiger charge is -2.29. The number of carbonyl (C=O) groups is 1. The number of hydrogen-bond acceptors (Lipinski definition) is 5. The van der Waals surface area contributed by atoms with Crippen molar-refractivity contribution in [2.45, 2.75) is 19.9 Å². The van der Waals surface area contributed by atoms with Crippen LogP contribution in [0.2, 0.25) is 0 Å². The van der Waals surface area contributed by atoms with E-state index in [0.717, 1.165) is 13.1 Å². The molecule has 1 aliphatic rings. The summed E-state index contributed by atoms with van der Waals surface area (Å²) in [6, 6.07) is -0.523. The Labute approximate surface area is 110 Å². The van der Waals surface area contributed by atoms with E-state index in [4.69, 9.17) is 0 Å². The molecule has 1 fully saturated rings. The summed E-state index contributed by atoms with van der Waals surface area (Å²) < 4.78 is 1.37. The molecule has 0 spiro atoms. The van der Waals surface area contributed by atoms with Crippen molar-refractivity contribution in [1.82, 2.24) is 20.0 Å². The van der Waals surface area contributed by atoms with Gasteiger partial charge in [0.25, 0.3) is 0 Å². The monoisotopic (exact) mass is 267 g/mol. The second-order valence-electron chi connectivity index (χ2n) is 4.62. The molecule has 0 saturated carbocycles. The van der Waals surface area contributed by atoms with Gasteiger partial charge in [0, 0.05) is 26.2 Å². The number of carbonyl (C=O) groups excluding carboxylic acids is 1. The first-order chi connectivity index (χ1) is 9.00. The molecule has 2 heterocycles. The summed E-state index contributed by atoms with van der Waals surface area (Å²) in [7, 11) is 0. The van der Waals surface area contributed by atoms with Crippen molar-refractivity contribution < 1.29 is 9.72 Å². The largest absolute Gasteiger partial charge is 0.392 e. The fraction of sp³-hybridized carbons (Fsp3) is 0.636. The van der Waals surface area contributed by atoms with Gasteiger partial charge in [-0.2, -0.15) is 4.68 Å². The minimum atomic E-state index is -0.534. The third-order valence-corrected chi connectivity index (χ3v) is 3.24. The minimum Gasteiger partial charge on any atom is -0.358 e. The molecule has 1 atom stereocenters. The summed E-state index contributed by atoms with van der Waals surface area (Å²) in [4.78, 5) is 24.2. The van der Waals surface area contributed by atoms with Crippen LogP contribution in [-0.4, -0.2) is 51.7 Å². The van der Waals surface area contributed by atoms with Crippen LogP contribution in [-0.2, 0) is 4.79 Å². The maximum absolute atomic E-state index is 12.3. The van der Waals surface area contributed by atoms with Crippen LogP contribution in [0.25, 0.3) is 0 Å². The topological polar surface area (TPSA) is 93.3 Å². The molecule has 1 aliphatic heterocycles. The lowest BCUT2D eigenvalue weighted by Crippen LogP contribution is -2.48. The van der Waals surface area contributed by atoms with Gasteiger partial charge in [0.2, 0.25) is 5.91 Å². The lowest BCUT2D eigenvalue weighted by molar-refractivity contribution is -0.390. The Morgan fingerprint density at radius 1 is 1.53 bits per heavy atom. The van der Waals surface area contributed by atoms with Crippen molar-refractivity contribution in [3.05, 3.63) is 21.9 Å². The van der Waals surface area contributed by atoms with Gasteiger partial charge in [-0.3, -0.25) is 4.79 Å². The van der Waals surface area contributed by atoms with E-state index in [9.17, 15) is 14.9 Å². The van der Waals surface area contributed by atoms with Crippen molar-refractivity contribution in [3.63, 3.8) is 0 Å². The Hall–Kier alpha value is -1.96. The molecule has 2 rings (SSSR count). The van der Waals surface area contributed by atoms with Crippen molar-refractivity contribution in [2.75, 3.05) is 26.2 Å². The highest BCUT2D eigenvalue weighted by atomic mass is 16.6. The van der Waals surface area contributed by atoms with Crippen LogP contribution in [0.1, 0.15) is 18.5 Å². The van der Waals surface area contributed by atoms with E-state index in [2.05, 4.69) is 10.4 Å². The van der Waals surface area contributed by atoms with Crippen LogP contribution in [0.15, 0.2) is 6.20 Å². The predicted molar refractivity (Wildman–Crippen MR) is 67.8 cm³/mol. The highest BCUT2D eigenvalue weighted by molar-refractivity contribution is 5.80. The van der Waals surface area contributed by atoms with E-state index >= 15 is 0 Å². The Bertz CT molecular complexity index is 493.